The lowest BCUT2D eigenvalue weighted by atomic mass is 9.76. The summed E-state index contributed by atoms with van der Waals surface area (Å²) in [6.07, 6.45) is 3.85. The van der Waals surface area contributed by atoms with Crippen LogP contribution in [0.15, 0.2) is 12.2 Å². The molecule has 0 spiro atoms. The zero-order valence-corrected chi connectivity index (χ0v) is 16.1. The second-order valence-corrected chi connectivity index (χ2v) is 8.85. The fraction of sp³-hybridized carbons (Fsp3) is 0.850. The molecule has 6 nitrogen and oxygen atoms in total. The molecule has 0 aromatic carbocycles. The summed E-state index contributed by atoms with van der Waals surface area (Å²) >= 11 is 0. The number of rotatable bonds is 1. The van der Waals surface area contributed by atoms with E-state index in [4.69, 9.17) is 9.47 Å². The second-order valence-electron chi connectivity index (χ2n) is 8.85. The van der Waals surface area contributed by atoms with Crippen molar-refractivity contribution < 1.29 is 29.5 Å². The van der Waals surface area contributed by atoms with Crippen LogP contribution in [-0.4, -0.2) is 45.8 Å². The first-order chi connectivity index (χ1) is 12.2. The molecule has 1 saturated carbocycles. The molecule has 6 heteroatoms. The van der Waals surface area contributed by atoms with Crippen molar-refractivity contribution in [3.8, 4) is 0 Å². The van der Waals surface area contributed by atoms with E-state index in [0.29, 0.717) is 25.7 Å². The summed E-state index contributed by atoms with van der Waals surface area (Å²) < 4.78 is 11.5. The summed E-state index contributed by atoms with van der Waals surface area (Å²) in [6, 6.07) is 0. The molecular formula is C20H32O6. The number of carbonyl (C=O) groups excluding carboxylic acids is 1. The van der Waals surface area contributed by atoms with Crippen LogP contribution < -0.4 is 0 Å². The molecule has 3 aliphatic rings. The van der Waals surface area contributed by atoms with E-state index in [1.807, 2.05) is 6.92 Å². The van der Waals surface area contributed by atoms with Gasteiger partial charge in [0.25, 0.3) is 0 Å². The van der Waals surface area contributed by atoms with E-state index < -0.39 is 17.8 Å². The molecule has 26 heavy (non-hydrogen) atoms. The van der Waals surface area contributed by atoms with Crippen molar-refractivity contribution in [1.29, 1.82) is 0 Å². The van der Waals surface area contributed by atoms with Crippen LogP contribution in [0.2, 0.25) is 0 Å². The zero-order chi connectivity index (χ0) is 19.1. The highest BCUT2D eigenvalue weighted by atomic mass is 17.1. The SMILES string of the molecule is C=C1CC[C@@H]2O[C@@]2(C)CC[C@@H]2C[C@@H](OC(=O)[C@H]2C)[C@@](C)(O)CC[C@H]1OO. The molecule has 0 aromatic heterocycles. The minimum atomic E-state index is -1.17. The highest BCUT2D eigenvalue weighted by Gasteiger charge is 2.52. The van der Waals surface area contributed by atoms with E-state index in [9.17, 15) is 15.2 Å². The van der Waals surface area contributed by atoms with E-state index in [-0.39, 0.29) is 29.5 Å². The van der Waals surface area contributed by atoms with Gasteiger partial charge in [0.15, 0.2) is 0 Å². The average Bonchev–Trinajstić information content (AvgIpc) is 3.24. The Morgan fingerprint density at radius 1 is 1.19 bits per heavy atom. The molecule has 0 radical (unpaired) electrons. The molecule has 0 amide bonds. The Kier molecular flexibility index (Phi) is 5.50. The molecule has 0 aromatic rings. The molecule has 2 saturated heterocycles. The van der Waals surface area contributed by atoms with Crippen molar-refractivity contribution in [3.05, 3.63) is 12.2 Å². The summed E-state index contributed by atoms with van der Waals surface area (Å²) in [5.41, 5.74) is -0.526. The number of esters is 1. The van der Waals surface area contributed by atoms with Crippen molar-refractivity contribution >= 4 is 5.97 Å². The number of hydrogen-bond acceptors (Lipinski definition) is 6. The highest BCUT2D eigenvalue weighted by Crippen LogP contribution is 2.46. The van der Waals surface area contributed by atoms with Gasteiger partial charge in [0.1, 0.15) is 12.2 Å². The number of aliphatic hydroxyl groups is 1. The molecule has 3 rings (SSSR count). The Hall–Kier alpha value is -0.950. The quantitative estimate of drug-likeness (QED) is 0.243. The predicted molar refractivity (Wildman–Crippen MR) is 95.4 cm³/mol. The normalized spacial score (nSPS) is 47.5. The standard InChI is InChI=1S/C20H32O6/c1-12-5-6-16-20(4,25-16)10-7-14-11-17(24-18(21)13(14)2)19(3,22)9-8-15(12)26-23/h13-17,22-23H,1,5-11H2,2-4H3/t13-,14+,15+,16-,17+,19-,20-/m0/s1. The summed E-state index contributed by atoms with van der Waals surface area (Å²) in [5.74, 6) is -0.224. The molecule has 2 heterocycles. The first kappa shape index (κ1) is 19.8. The maximum Gasteiger partial charge on any atom is 0.309 e. The summed E-state index contributed by atoms with van der Waals surface area (Å²) in [7, 11) is 0. The van der Waals surface area contributed by atoms with Gasteiger partial charge in [-0.2, -0.15) is 0 Å². The zero-order valence-electron chi connectivity index (χ0n) is 16.1. The fourth-order valence-electron chi connectivity index (χ4n) is 4.46. The minimum absolute atomic E-state index is 0.154. The van der Waals surface area contributed by atoms with E-state index >= 15 is 0 Å². The first-order valence-electron chi connectivity index (χ1n) is 9.75. The van der Waals surface area contributed by atoms with E-state index in [1.54, 1.807) is 6.92 Å². The van der Waals surface area contributed by atoms with Gasteiger partial charge in [-0.25, -0.2) is 4.89 Å². The Morgan fingerprint density at radius 2 is 1.92 bits per heavy atom. The lowest BCUT2D eigenvalue weighted by molar-refractivity contribution is -0.272. The maximum absolute atomic E-state index is 12.3. The Labute approximate surface area is 155 Å². The third-order valence-electron chi connectivity index (χ3n) is 6.82. The molecule has 7 atom stereocenters. The van der Waals surface area contributed by atoms with Crippen LogP contribution in [0.25, 0.3) is 0 Å². The van der Waals surface area contributed by atoms with Gasteiger partial charge in [0, 0.05) is 0 Å². The number of epoxide rings is 1. The molecule has 2 bridgehead atoms. The molecular weight excluding hydrogens is 336 g/mol. The van der Waals surface area contributed by atoms with Gasteiger partial charge in [0.05, 0.1) is 23.2 Å². The van der Waals surface area contributed by atoms with Gasteiger partial charge < -0.3 is 14.6 Å². The minimum Gasteiger partial charge on any atom is -0.459 e. The van der Waals surface area contributed by atoms with Gasteiger partial charge >= 0.3 is 5.97 Å². The van der Waals surface area contributed by atoms with Crippen molar-refractivity contribution in [1.82, 2.24) is 0 Å². The summed E-state index contributed by atoms with van der Waals surface area (Å²) in [4.78, 5) is 16.9. The molecule has 2 N–H and O–H groups in total. The number of carbonyl (C=O) groups is 1. The Morgan fingerprint density at radius 3 is 2.62 bits per heavy atom. The van der Waals surface area contributed by atoms with Crippen molar-refractivity contribution in [2.75, 3.05) is 0 Å². The lowest BCUT2D eigenvalue weighted by Crippen LogP contribution is -2.49. The first-order valence-corrected chi connectivity index (χ1v) is 9.75. The number of fused-ring (bicyclic) bond motifs is 3. The van der Waals surface area contributed by atoms with Gasteiger partial charge in [-0.05, 0) is 70.3 Å². The average molecular weight is 368 g/mol. The lowest BCUT2D eigenvalue weighted by Gasteiger charge is -2.41. The molecule has 0 unspecified atom stereocenters. The topological polar surface area (TPSA) is 88.5 Å². The van der Waals surface area contributed by atoms with Crippen LogP contribution in [0.1, 0.15) is 65.7 Å². The summed E-state index contributed by atoms with van der Waals surface area (Å²) in [6.45, 7) is 9.76. The monoisotopic (exact) mass is 368 g/mol. The second kappa shape index (κ2) is 7.23. The molecule has 3 fully saturated rings. The Bertz CT molecular complexity index is 559. The Balaban J connectivity index is 1.79. The van der Waals surface area contributed by atoms with Crippen LogP contribution >= 0.6 is 0 Å². The highest BCUT2D eigenvalue weighted by molar-refractivity contribution is 5.73. The molecule has 2 aliphatic heterocycles. The predicted octanol–water partition coefficient (Wildman–Crippen LogP) is 3.23. The van der Waals surface area contributed by atoms with Crippen molar-refractivity contribution in [3.63, 3.8) is 0 Å². The van der Waals surface area contributed by atoms with Crippen LogP contribution in [0, 0.1) is 11.8 Å². The van der Waals surface area contributed by atoms with E-state index in [0.717, 1.165) is 24.8 Å². The fourth-order valence-corrected chi connectivity index (χ4v) is 4.46. The summed E-state index contributed by atoms with van der Waals surface area (Å²) in [5, 5.41) is 20.2. The molecule has 148 valence electrons. The van der Waals surface area contributed by atoms with Crippen LogP contribution in [0.4, 0.5) is 0 Å². The van der Waals surface area contributed by atoms with Crippen LogP contribution in [-0.2, 0) is 19.2 Å². The van der Waals surface area contributed by atoms with Crippen LogP contribution in [0.3, 0.4) is 0 Å². The number of ether oxygens (including phenoxy) is 2. The third-order valence-corrected chi connectivity index (χ3v) is 6.82. The van der Waals surface area contributed by atoms with Gasteiger partial charge in [0.2, 0.25) is 0 Å². The van der Waals surface area contributed by atoms with Gasteiger partial charge in [-0.1, -0.05) is 13.5 Å². The smallest absolute Gasteiger partial charge is 0.309 e. The maximum atomic E-state index is 12.3. The number of hydrogen-bond donors (Lipinski definition) is 2. The third kappa shape index (κ3) is 3.98. The van der Waals surface area contributed by atoms with E-state index in [1.165, 1.54) is 0 Å². The van der Waals surface area contributed by atoms with Crippen molar-refractivity contribution in [2.24, 2.45) is 11.8 Å². The molecule has 1 aliphatic carbocycles. The van der Waals surface area contributed by atoms with E-state index in [2.05, 4.69) is 18.4 Å². The van der Waals surface area contributed by atoms with Crippen LogP contribution in [0.5, 0.6) is 0 Å². The van der Waals surface area contributed by atoms with Gasteiger partial charge in [-0.15, -0.1) is 0 Å². The largest absolute Gasteiger partial charge is 0.459 e. The van der Waals surface area contributed by atoms with Crippen molar-refractivity contribution in [2.45, 2.75) is 95.2 Å². The van der Waals surface area contributed by atoms with Gasteiger partial charge in [-0.3, -0.25) is 10.1 Å².